The van der Waals surface area contributed by atoms with Crippen molar-refractivity contribution in [3.05, 3.63) is 42.5 Å². The van der Waals surface area contributed by atoms with Crippen molar-refractivity contribution in [1.29, 1.82) is 0 Å². The second kappa shape index (κ2) is 5.50. The molecule has 7 heteroatoms. The van der Waals surface area contributed by atoms with Gasteiger partial charge in [0.15, 0.2) is 0 Å². The highest BCUT2D eigenvalue weighted by atomic mass is 32.2. The van der Waals surface area contributed by atoms with Crippen molar-refractivity contribution in [2.75, 3.05) is 13.7 Å². The third-order valence-electron chi connectivity index (χ3n) is 3.63. The first-order valence-corrected chi connectivity index (χ1v) is 8.19. The molecule has 0 amide bonds. The minimum Gasteiger partial charge on any atom is -0.495 e. The van der Waals surface area contributed by atoms with Gasteiger partial charge in [-0.25, -0.2) is 13.4 Å². The first-order valence-electron chi connectivity index (χ1n) is 6.75. The summed E-state index contributed by atoms with van der Waals surface area (Å²) in [6.07, 6.45) is 4.22. The van der Waals surface area contributed by atoms with E-state index in [0.717, 1.165) is 18.7 Å². The molecule has 2 heterocycles. The topological polar surface area (TPSA) is 64.4 Å². The number of benzene rings is 1. The van der Waals surface area contributed by atoms with Gasteiger partial charge < -0.3 is 9.30 Å². The van der Waals surface area contributed by atoms with Gasteiger partial charge in [-0.15, -0.1) is 0 Å². The molecule has 1 aliphatic heterocycles. The largest absolute Gasteiger partial charge is 0.495 e. The number of aryl methyl sites for hydroxylation is 1. The number of hydrogen-bond donors (Lipinski definition) is 0. The number of imidazole rings is 1. The molecule has 0 unspecified atom stereocenters. The van der Waals surface area contributed by atoms with E-state index >= 15 is 0 Å². The molecule has 0 radical (unpaired) electrons. The highest BCUT2D eigenvalue weighted by Gasteiger charge is 2.29. The van der Waals surface area contributed by atoms with E-state index in [1.165, 1.54) is 11.4 Å². The molecule has 1 aromatic heterocycles. The lowest BCUT2D eigenvalue weighted by Gasteiger charge is -2.20. The summed E-state index contributed by atoms with van der Waals surface area (Å²) >= 11 is 0. The summed E-state index contributed by atoms with van der Waals surface area (Å²) in [5, 5.41) is 0. The Morgan fingerprint density at radius 3 is 2.86 bits per heavy atom. The lowest BCUT2D eigenvalue weighted by atomic mass is 10.3. The fourth-order valence-electron chi connectivity index (χ4n) is 2.53. The molecule has 0 N–H and O–H groups in total. The number of rotatable bonds is 3. The number of aromatic nitrogens is 2. The Balaban J connectivity index is 1.99. The van der Waals surface area contributed by atoms with Gasteiger partial charge in [-0.1, -0.05) is 12.1 Å². The number of para-hydroxylation sites is 1. The number of ether oxygens (including phenoxy) is 1. The normalized spacial score (nSPS) is 16.2. The second-order valence-electron chi connectivity index (χ2n) is 4.92. The van der Waals surface area contributed by atoms with Crippen LogP contribution in [0, 0.1) is 0 Å². The average Bonchev–Trinajstić information content (AvgIpc) is 2.83. The van der Waals surface area contributed by atoms with Crippen LogP contribution < -0.4 is 4.74 Å². The molecule has 1 aromatic carbocycles. The monoisotopic (exact) mass is 307 g/mol. The second-order valence-corrected chi connectivity index (χ2v) is 6.83. The van der Waals surface area contributed by atoms with E-state index in [-0.39, 0.29) is 4.90 Å². The molecule has 3 rings (SSSR count). The Hall–Kier alpha value is -1.86. The fraction of sp³-hybridized carbons (Fsp3) is 0.357. The summed E-state index contributed by atoms with van der Waals surface area (Å²) in [5.41, 5.74) is 0.908. The van der Waals surface area contributed by atoms with Crippen molar-refractivity contribution >= 4 is 10.0 Å². The number of fused-ring (bicyclic) bond motifs is 1. The first kappa shape index (κ1) is 14.1. The van der Waals surface area contributed by atoms with Crippen LogP contribution in [0.15, 0.2) is 41.7 Å². The molecule has 21 heavy (non-hydrogen) atoms. The molecule has 0 saturated heterocycles. The molecule has 1 aliphatic rings. The zero-order valence-electron chi connectivity index (χ0n) is 11.8. The van der Waals surface area contributed by atoms with Gasteiger partial charge in [-0.3, -0.25) is 0 Å². The molecule has 0 bridgehead atoms. The Labute approximate surface area is 124 Å². The number of sulfonamides is 1. The van der Waals surface area contributed by atoms with Crippen molar-refractivity contribution in [2.24, 2.45) is 0 Å². The van der Waals surface area contributed by atoms with Crippen LogP contribution in [-0.4, -0.2) is 35.9 Å². The summed E-state index contributed by atoms with van der Waals surface area (Å²) in [5.74, 6) is 0.371. The maximum atomic E-state index is 12.9. The zero-order valence-corrected chi connectivity index (χ0v) is 12.6. The Morgan fingerprint density at radius 1 is 1.24 bits per heavy atom. The summed E-state index contributed by atoms with van der Waals surface area (Å²) in [7, 11) is -2.10. The molecular weight excluding hydrogens is 290 g/mol. The third-order valence-corrected chi connectivity index (χ3v) is 5.51. The Morgan fingerprint density at radius 2 is 2.05 bits per heavy atom. The maximum Gasteiger partial charge on any atom is 0.247 e. The predicted molar refractivity (Wildman–Crippen MR) is 77.4 cm³/mol. The van der Waals surface area contributed by atoms with Crippen molar-refractivity contribution in [3.8, 4) is 5.75 Å². The smallest absolute Gasteiger partial charge is 0.247 e. The van der Waals surface area contributed by atoms with E-state index in [2.05, 4.69) is 4.98 Å². The number of hydrogen-bond acceptors (Lipinski definition) is 4. The molecule has 0 saturated carbocycles. The molecule has 112 valence electrons. The van der Waals surface area contributed by atoms with E-state index in [4.69, 9.17) is 4.74 Å². The number of nitrogens with zero attached hydrogens (tertiary/aromatic N) is 3. The molecule has 0 atom stereocenters. The van der Waals surface area contributed by atoms with Gasteiger partial charge in [-0.05, 0) is 18.6 Å². The molecule has 0 aliphatic carbocycles. The van der Waals surface area contributed by atoms with Gasteiger partial charge >= 0.3 is 0 Å². The molecular formula is C14H17N3O3S. The predicted octanol–water partition coefficient (Wildman–Crippen LogP) is 1.49. The third kappa shape index (κ3) is 2.54. The molecule has 2 aromatic rings. The van der Waals surface area contributed by atoms with Crippen LogP contribution in [0.3, 0.4) is 0 Å². The quantitative estimate of drug-likeness (QED) is 0.862. The summed E-state index contributed by atoms with van der Waals surface area (Å²) in [6.45, 7) is 1.61. The molecule has 0 fully saturated rings. The van der Waals surface area contributed by atoms with Crippen molar-refractivity contribution in [1.82, 2.24) is 13.9 Å². The Kier molecular flexibility index (Phi) is 3.69. The van der Waals surface area contributed by atoms with Gasteiger partial charge in [0, 0.05) is 19.3 Å². The van der Waals surface area contributed by atoms with Gasteiger partial charge in [0.25, 0.3) is 0 Å². The lowest BCUT2D eigenvalue weighted by molar-refractivity contribution is 0.387. The van der Waals surface area contributed by atoms with Crippen LogP contribution in [0.4, 0.5) is 0 Å². The van der Waals surface area contributed by atoms with Gasteiger partial charge in [0.05, 0.1) is 25.7 Å². The highest BCUT2D eigenvalue weighted by Crippen LogP contribution is 2.28. The van der Waals surface area contributed by atoms with Crippen molar-refractivity contribution < 1.29 is 13.2 Å². The summed E-state index contributed by atoms with van der Waals surface area (Å²) in [4.78, 5) is 4.29. The molecule has 0 spiro atoms. The number of methoxy groups -OCH3 is 1. The highest BCUT2D eigenvalue weighted by molar-refractivity contribution is 7.89. The van der Waals surface area contributed by atoms with E-state index in [1.54, 1.807) is 36.8 Å². The Bertz CT molecular complexity index is 739. The minimum absolute atomic E-state index is 0.209. The van der Waals surface area contributed by atoms with Crippen LogP contribution >= 0.6 is 0 Å². The first-order chi connectivity index (χ1) is 10.1. The van der Waals surface area contributed by atoms with E-state index < -0.39 is 10.0 Å². The van der Waals surface area contributed by atoms with Crippen LogP contribution in [0.5, 0.6) is 5.75 Å². The van der Waals surface area contributed by atoms with Crippen LogP contribution in [0.1, 0.15) is 12.1 Å². The van der Waals surface area contributed by atoms with E-state index in [1.807, 2.05) is 4.57 Å². The van der Waals surface area contributed by atoms with Crippen LogP contribution in [0.25, 0.3) is 0 Å². The van der Waals surface area contributed by atoms with Crippen molar-refractivity contribution in [2.45, 2.75) is 24.4 Å². The van der Waals surface area contributed by atoms with E-state index in [9.17, 15) is 8.42 Å². The van der Waals surface area contributed by atoms with Crippen LogP contribution in [-0.2, 0) is 23.1 Å². The van der Waals surface area contributed by atoms with Crippen molar-refractivity contribution in [3.63, 3.8) is 0 Å². The maximum absolute atomic E-state index is 12.9. The SMILES string of the molecule is COc1ccccc1S(=O)(=O)N1CCCn2cncc2C1. The summed E-state index contributed by atoms with van der Waals surface area (Å²) in [6, 6.07) is 6.71. The van der Waals surface area contributed by atoms with E-state index in [0.29, 0.717) is 18.8 Å². The van der Waals surface area contributed by atoms with Gasteiger partial charge in [0.1, 0.15) is 10.6 Å². The minimum atomic E-state index is -3.58. The average molecular weight is 307 g/mol. The van der Waals surface area contributed by atoms with Gasteiger partial charge in [0.2, 0.25) is 10.0 Å². The molecule has 6 nitrogen and oxygen atoms in total. The van der Waals surface area contributed by atoms with Gasteiger partial charge in [-0.2, -0.15) is 4.31 Å². The lowest BCUT2D eigenvalue weighted by Crippen LogP contribution is -2.31. The standard InChI is InChI=1S/C14H17N3O3S/c1-20-13-5-2-3-6-14(13)21(18,19)17-8-4-7-16-11-15-9-12(16)10-17/h2-3,5-6,9,11H,4,7-8,10H2,1H3. The summed E-state index contributed by atoms with van der Waals surface area (Å²) < 4.78 is 34.4. The zero-order chi connectivity index (χ0) is 14.9. The van der Waals surface area contributed by atoms with Crippen LogP contribution in [0.2, 0.25) is 0 Å². The fourth-order valence-corrected chi connectivity index (χ4v) is 4.14.